The van der Waals surface area contributed by atoms with E-state index in [1.54, 1.807) is 0 Å². The van der Waals surface area contributed by atoms with Gasteiger partial charge in [0, 0.05) is 17.7 Å². The fraction of sp³-hybridized carbons (Fsp3) is 0.484. The van der Waals surface area contributed by atoms with Crippen molar-refractivity contribution in [3.05, 3.63) is 69.8 Å². The van der Waals surface area contributed by atoms with Crippen LogP contribution in [0.5, 0.6) is 5.75 Å². The van der Waals surface area contributed by atoms with Gasteiger partial charge in [0.15, 0.2) is 5.71 Å². The second-order valence-electron chi connectivity index (χ2n) is 12.0. The summed E-state index contributed by atoms with van der Waals surface area (Å²) in [5.74, 6) is 0.244. The van der Waals surface area contributed by atoms with E-state index in [1.807, 2.05) is 13.8 Å². The fourth-order valence-corrected chi connectivity index (χ4v) is 5.85. The third-order valence-corrected chi connectivity index (χ3v) is 8.11. The van der Waals surface area contributed by atoms with Crippen molar-refractivity contribution in [2.24, 2.45) is 10.6 Å². The lowest BCUT2D eigenvalue weighted by molar-refractivity contribution is -0.143. The molecule has 1 aliphatic carbocycles. The predicted octanol–water partition coefficient (Wildman–Crippen LogP) is 9.19. The van der Waals surface area contributed by atoms with E-state index in [2.05, 4.69) is 9.99 Å². The molecule has 15 heteroatoms. The molecule has 0 unspecified atom stereocenters. The summed E-state index contributed by atoms with van der Waals surface area (Å²) in [6.45, 7) is 5.21. The first-order valence-electron chi connectivity index (χ1n) is 14.0. The van der Waals surface area contributed by atoms with Crippen LogP contribution in [0.25, 0.3) is 5.57 Å². The molecule has 2 aliphatic rings. The van der Waals surface area contributed by atoms with Gasteiger partial charge in [0.2, 0.25) is 0 Å². The van der Waals surface area contributed by atoms with Gasteiger partial charge in [-0.2, -0.15) is 39.5 Å². The first kappa shape index (κ1) is 35.0. The maximum Gasteiger partial charge on any atom is 0.437 e. The van der Waals surface area contributed by atoms with Gasteiger partial charge in [0.1, 0.15) is 19.0 Å². The predicted molar refractivity (Wildman–Crippen MR) is 149 cm³/mol. The largest absolute Gasteiger partial charge is 0.496 e. The molecule has 1 heterocycles. The van der Waals surface area contributed by atoms with Gasteiger partial charge in [-0.25, -0.2) is 4.79 Å². The van der Waals surface area contributed by atoms with Crippen LogP contribution in [0.15, 0.2) is 47.1 Å². The Balaban J connectivity index is 1.79. The summed E-state index contributed by atoms with van der Waals surface area (Å²) in [4.78, 5) is 18.7. The number of hydrogen-bond acceptors (Lipinski definition) is 5. The molecule has 2 aromatic carbocycles. The minimum absolute atomic E-state index is 0.00699. The number of allylic oxidation sites excluding steroid dienone is 1. The number of oxime groups is 1. The molecule has 4 rings (SSSR count). The van der Waals surface area contributed by atoms with Gasteiger partial charge in [0.25, 0.3) is 0 Å². The third-order valence-electron chi connectivity index (χ3n) is 8.11. The first-order valence-corrected chi connectivity index (χ1v) is 14.0. The number of carbonyl (C=O) groups is 1. The van der Waals surface area contributed by atoms with Crippen LogP contribution in [0.1, 0.15) is 74.0 Å². The zero-order valence-corrected chi connectivity index (χ0v) is 25.4. The van der Waals surface area contributed by atoms with Gasteiger partial charge >= 0.3 is 24.6 Å². The molecule has 1 saturated heterocycles. The van der Waals surface area contributed by atoms with Gasteiger partial charge in [-0.05, 0) is 84.7 Å². The van der Waals surface area contributed by atoms with Crippen LogP contribution in [-0.2, 0) is 21.9 Å². The molecule has 1 amide bonds. The van der Waals surface area contributed by atoms with Crippen molar-refractivity contribution in [1.82, 2.24) is 4.90 Å². The Bertz CT molecular complexity index is 1510. The minimum Gasteiger partial charge on any atom is -0.496 e. The molecule has 6 nitrogen and oxygen atoms in total. The summed E-state index contributed by atoms with van der Waals surface area (Å²) in [5, 5.41) is 3.16. The standard InChI is InChI=1S/C31H31F9N2O4/c1-16-25(18-10-20(29(32,33)34)13-21(11-18)30(35,36)37)46-27(43)42(16)15-19-14-28(2,3)9-8-22(19)23-12-17(6-7-24(23)44-4)26(41-45-5)31(38,39)40/h6-7,10-13,16,25H,8-9,14-15H2,1-5H3/t16-,25-/m0/s1. The number of benzene rings is 2. The highest BCUT2D eigenvalue weighted by Gasteiger charge is 2.44. The van der Waals surface area contributed by atoms with Crippen molar-refractivity contribution >= 4 is 17.4 Å². The van der Waals surface area contributed by atoms with Crippen LogP contribution in [0.2, 0.25) is 0 Å². The molecular weight excluding hydrogens is 635 g/mol. The lowest BCUT2D eigenvalue weighted by Gasteiger charge is -2.36. The highest BCUT2D eigenvalue weighted by atomic mass is 19.4. The lowest BCUT2D eigenvalue weighted by Crippen LogP contribution is -2.35. The number of ether oxygens (including phenoxy) is 2. The number of nitrogens with zero attached hydrogens (tertiary/aromatic N) is 2. The molecule has 0 aromatic heterocycles. The molecule has 0 spiro atoms. The van der Waals surface area contributed by atoms with E-state index in [0.717, 1.165) is 7.11 Å². The van der Waals surface area contributed by atoms with E-state index in [9.17, 15) is 44.3 Å². The van der Waals surface area contributed by atoms with Gasteiger partial charge in [-0.1, -0.05) is 19.0 Å². The topological polar surface area (TPSA) is 60.4 Å². The third kappa shape index (κ3) is 7.38. The summed E-state index contributed by atoms with van der Waals surface area (Å²) in [7, 11) is 2.32. The molecule has 46 heavy (non-hydrogen) atoms. The molecule has 1 aliphatic heterocycles. The van der Waals surface area contributed by atoms with Crippen LogP contribution in [0.3, 0.4) is 0 Å². The lowest BCUT2D eigenvalue weighted by atomic mass is 9.72. The second kappa shape index (κ2) is 12.4. The van der Waals surface area contributed by atoms with E-state index in [-0.39, 0.29) is 29.3 Å². The Kier molecular flexibility index (Phi) is 9.39. The average molecular weight is 667 g/mol. The zero-order chi connectivity index (χ0) is 34.4. The van der Waals surface area contributed by atoms with E-state index in [0.29, 0.717) is 48.1 Å². The van der Waals surface area contributed by atoms with Crippen molar-refractivity contribution < 1.29 is 58.6 Å². The van der Waals surface area contributed by atoms with Crippen LogP contribution in [0.4, 0.5) is 44.3 Å². The summed E-state index contributed by atoms with van der Waals surface area (Å²) in [6, 6.07) is 3.82. The first-order chi connectivity index (χ1) is 21.2. The molecule has 2 atom stereocenters. The molecule has 0 bridgehead atoms. The summed E-state index contributed by atoms with van der Waals surface area (Å²) < 4.78 is 133. The number of methoxy groups -OCH3 is 1. The van der Waals surface area contributed by atoms with E-state index < -0.39 is 59.2 Å². The van der Waals surface area contributed by atoms with E-state index >= 15 is 0 Å². The number of carbonyl (C=O) groups excluding carboxylic acids is 1. The van der Waals surface area contributed by atoms with Gasteiger partial charge in [-0.15, -0.1) is 0 Å². The van der Waals surface area contributed by atoms with Crippen LogP contribution in [-0.4, -0.2) is 49.7 Å². The maximum absolute atomic E-state index is 13.8. The minimum atomic E-state index is -5.09. The van der Waals surface area contributed by atoms with Crippen molar-refractivity contribution in [2.75, 3.05) is 20.8 Å². The highest BCUT2D eigenvalue weighted by molar-refractivity contribution is 6.05. The Labute approximate surface area is 258 Å². The van der Waals surface area contributed by atoms with E-state index in [1.165, 1.54) is 37.1 Å². The van der Waals surface area contributed by atoms with Crippen molar-refractivity contribution in [3.63, 3.8) is 0 Å². The van der Waals surface area contributed by atoms with E-state index in [4.69, 9.17) is 9.47 Å². The Morgan fingerprint density at radius 1 is 0.978 bits per heavy atom. The van der Waals surface area contributed by atoms with Gasteiger partial charge < -0.3 is 14.3 Å². The van der Waals surface area contributed by atoms with Crippen molar-refractivity contribution in [1.29, 1.82) is 0 Å². The molecule has 0 saturated carbocycles. The Morgan fingerprint density at radius 2 is 1.59 bits per heavy atom. The number of amides is 1. The monoisotopic (exact) mass is 666 g/mol. The van der Waals surface area contributed by atoms with Crippen LogP contribution < -0.4 is 4.74 Å². The number of hydrogen-bond donors (Lipinski definition) is 0. The number of halogens is 9. The molecule has 252 valence electrons. The quantitative estimate of drug-likeness (QED) is 0.168. The SMILES string of the molecule is CON=C(c1ccc(OC)c(C2=C(CN3C(=O)O[C@H](c4cc(C(F)(F)F)cc(C(F)(F)F)c4)[C@@H]3C)CC(C)(C)CC2)c1)C(F)(F)F. The number of alkyl halides is 9. The molecule has 1 fully saturated rings. The van der Waals surface area contributed by atoms with Crippen molar-refractivity contribution in [2.45, 2.75) is 70.7 Å². The summed E-state index contributed by atoms with van der Waals surface area (Å²) in [6.07, 6.45) is -16.1. The van der Waals surface area contributed by atoms with Gasteiger partial charge in [-0.3, -0.25) is 4.90 Å². The normalized spacial score (nSPS) is 21.0. The highest BCUT2D eigenvalue weighted by Crippen LogP contribution is 2.47. The Morgan fingerprint density at radius 3 is 2.11 bits per heavy atom. The zero-order valence-electron chi connectivity index (χ0n) is 25.4. The molecule has 2 aromatic rings. The van der Waals surface area contributed by atoms with Crippen LogP contribution in [0, 0.1) is 5.41 Å². The molecule has 0 radical (unpaired) electrons. The fourth-order valence-electron chi connectivity index (χ4n) is 5.85. The van der Waals surface area contributed by atoms with Crippen LogP contribution >= 0.6 is 0 Å². The maximum atomic E-state index is 13.8. The molecular formula is C31H31F9N2O4. The summed E-state index contributed by atoms with van der Waals surface area (Å²) >= 11 is 0. The number of cyclic esters (lactones) is 1. The number of rotatable bonds is 7. The Hall–Kier alpha value is -3.91. The van der Waals surface area contributed by atoms with Gasteiger partial charge in [0.05, 0.1) is 24.3 Å². The summed E-state index contributed by atoms with van der Waals surface area (Å²) in [5.41, 5.74) is -3.95. The average Bonchev–Trinajstić information content (AvgIpc) is 3.22. The smallest absolute Gasteiger partial charge is 0.437 e. The molecule has 0 N–H and O–H groups in total. The second-order valence-corrected chi connectivity index (χ2v) is 12.0. The van der Waals surface area contributed by atoms with Crippen molar-refractivity contribution in [3.8, 4) is 5.75 Å².